The fraction of sp³-hybridized carbons (Fsp3) is 0.650. The summed E-state index contributed by atoms with van der Waals surface area (Å²) >= 11 is 0. The summed E-state index contributed by atoms with van der Waals surface area (Å²) in [5, 5.41) is 3.11. The molecule has 1 saturated carbocycles. The van der Waals surface area contributed by atoms with Crippen molar-refractivity contribution >= 4 is 5.91 Å². The van der Waals surface area contributed by atoms with Crippen molar-refractivity contribution in [2.45, 2.75) is 50.7 Å². The molecule has 1 aromatic carbocycles. The maximum absolute atomic E-state index is 12.3. The molecule has 1 aromatic rings. The summed E-state index contributed by atoms with van der Waals surface area (Å²) in [6.07, 6.45) is 6.02. The van der Waals surface area contributed by atoms with Gasteiger partial charge in [0, 0.05) is 19.6 Å². The first kappa shape index (κ1) is 18.2. The van der Waals surface area contributed by atoms with Crippen LogP contribution in [0.15, 0.2) is 24.3 Å². The SMILES string of the molecule is COc1ccc(CCC(=O)N[C@@H]2COCC[C@@H]2OCC2CCC2)cc1. The number of amides is 1. The maximum Gasteiger partial charge on any atom is 0.220 e. The zero-order chi connectivity index (χ0) is 17.5. The third-order valence-electron chi connectivity index (χ3n) is 5.21. The van der Waals surface area contributed by atoms with Crippen molar-refractivity contribution in [3.8, 4) is 5.75 Å². The molecule has 5 heteroatoms. The van der Waals surface area contributed by atoms with Crippen LogP contribution in [-0.2, 0) is 20.7 Å². The smallest absolute Gasteiger partial charge is 0.220 e. The molecule has 0 unspecified atom stereocenters. The van der Waals surface area contributed by atoms with E-state index in [1.807, 2.05) is 24.3 Å². The van der Waals surface area contributed by atoms with Gasteiger partial charge in [-0.2, -0.15) is 0 Å². The summed E-state index contributed by atoms with van der Waals surface area (Å²) in [6.45, 7) is 2.08. The van der Waals surface area contributed by atoms with E-state index in [0.717, 1.165) is 30.8 Å². The molecule has 1 aliphatic carbocycles. The van der Waals surface area contributed by atoms with Crippen molar-refractivity contribution in [2.24, 2.45) is 5.92 Å². The number of methoxy groups -OCH3 is 1. The summed E-state index contributed by atoms with van der Waals surface area (Å²) in [7, 11) is 1.65. The number of rotatable bonds is 8. The van der Waals surface area contributed by atoms with E-state index >= 15 is 0 Å². The zero-order valence-electron chi connectivity index (χ0n) is 15.0. The van der Waals surface area contributed by atoms with E-state index in [1.54, 1.807) is 7.11 Å². The first-order valence-electron chi connectivity index (χ1n) is 9.36. The molecule has 138 valence electrons. The molecule has 2 aliphatic rings. The molecule has 2 atom stereocenters. The highest BCUT2D eigenvalue weighted by Gasteiger charge is 2.29. The molecule has 0 radical (unpaired) electrons. The molecular formula is C20H29NO4. The minimum Gasteiger partial charge on any atom is -0.497 e. The quantitative estimate of drug-likeness (QED) is 0.786. The predicted octanol–water partition coefficient (Wildman–Crippen LogP) is 2.72. The van der Waals surface area contributed by atoms with E-state index in [9.17, 15) is 4.79 Å². The van der Waals surface area contributed by atoms with Crippen LogP contribution in [-0.4, -0.2) is 45.0 Å². The van der Waals surface area contributed by atoms with Gasteiger partial charge in [-0.1, -0.05) is 18.6 Å². The Hall–Kier alpha value is -1.59. The number of aryl methyl sites for hydroxylation is 1. The van der Waals surface area contributed by atoms with Crippen LogP contribution < -0.4 is 10.1 Å². The highest BCUT2D eigenvalue weighted by atomic mass is 16.5. The summed E-state index contributed by atoms with van der Waals surface area (Å²) < 4.78 is 16.8. The fourth-order valence-corrected chi connectivity index (χ4v) is 3.30. The third-order valence-corrected chi connectivity index (χ3v) is 5.21. The van der Waals surface area contributed by atoms with E-state index in [2.05, 4.69) is 5.32 Å². The maximum atomic E-state index is 12.3. The molecule has 1 saturated heterocycles. The Morgan fingerprint density at radius 1 is 1.24 bits per heavy atom. The summed E-state index contributed by atoms with van der Waals surface area (Å²) in [4.78, 5) is 12.3. The first-order chi connectivity index (χ1) is 12.2. The van der Waals surface area contributed by atoms with Crippen LogP contribution in [0.4, 0.5) is 0 Å². The van der Waals surface area contributed by atoms with E-state index in [-0.39, 0.29) is 18.1 Å². The second-order valence-electron chi connectivity index (χ2n) is 7.05. The molecule has 0 aromatic heterocycles. The lowest BCUT2D eigenvalue weighted by atomic mass is 9.86. The standard InChI is InChI=1S/C20H29NO4/c1-23-17-8-5-15(6-9-17)7-10-20(22)21-18-14-24-12-11-19(18)25-13-16-3-2-4-16/h5-6,8-9,16,18-19H,2-4,7,10-14H2,1H3,(H,21,22)/t18-,19+/m1/s1. The number of carbonyl (C=O) groups excluding carboxylic acids is 1. The molecule has 1 aliphatic heterocycles. The van der Waals surface area contributed by atoms with Crippen molar-refractivity contribution in [2.75, 3.05) is 26.9 Å². The van der Waals surface area contributed by atoms with Crippen LogP contribution in [0, 0.1) is 5.92 Å². The Bertz CT molecular complexity index is 541. The van der Waals surface area contributed by atoms with Gasteiger partial charge in [-0.3, -0.25) is 4.79 Å². The minimum absolute atomic E-state index is 0.0304. The Labute approximate surface area is 150 Å². The van der Waals surface area contributed by atoms with Gasteiger partial charge < -0.3 is 19.5 Å². The summed E-state index contributed by atoms with van der Waals surface area (Å²) in [5.41, 5.74) is 1.13. The average Bonchev–Trinajstić information content (AvgIpc) is 2.60. The van der Waals surface area contributed by atoms with Crippen LogP contribution >= 0.6 is 0 Å². The van der Waals surface area contributed by atoms with E-state index in [0.29, 0.717) is 25.6 Å². The second-order valence-corrected chi connectivity index (χ2v) is 7.05. The van der Waals surface area contributed by atoms with Crippen LogP contribution in [0.1, 0.15) is 37.7 Å². The van der Waals surface area contributed by atoms with E-state index in [1.165, 1.54) is 19.3 Å². The van der Waals surface area contributed by atoms with Crippen molar-refractivity contribution in [3.05, 3.63) is 29.8 Å². The van der Waals surface area contributed by atoms with Gasteiger partial charge in [0.05, 0.1) is 25.9 Å². The Kier molecular flexibility index (Phi) is 6.70. The van der Waals surface area contributed by atoms with Gasteiger partial charge in [0.25, 0.3) is 0 Å². The number of hydrogen-bond donors (Lipinski definition) is 1. The van der Waals surface area contributed by atoms with E-state index < -0.39 is 0 Å². The number of benzene rings is 1. The number of ether oxygens (including phenoxy) is 3. The number of hydrogen-bond acceptors (Lipinski definition) is 4. The topological polar surface area (TPSA) is 56.8 Å². The van der Waals surface area contributed by atoms with Crippen molar-refractivity contribution in [3.63, 3.8) is 0 Å². The van der Waals surface area contributed by atoms with Gasteiger partial charge in [-0.15, -0.1) is 0 Å². The second kappa shape index (κ2) is 9.20. The van der Waals surface area contributed by atoms with Crippen LogP contribution in [0.2, 0.25) is 0 Å². The monoisotopic (exact) mass is 347 g/mol. The Morgan fingerprint density at radius 2 is 2.04 bits per heavy atom. The van der Waals surface area contributed by atoms with Crippen molar-refractivity contribution in [1.29, 1.82) is 0 Å². The molecule has 3 rings (SSSR count). The lowest BCUT2D eigenvalue weighted by Gasteiger charge is -2.34. The highest BCUT2D eigenvalue weighted by molar-refractivity contribution is 5.76. The fourth-order valence-electron chi connectivity index (χ4n) is 3.30. The summed E-state index contributed by atoms with van der Waals surface area (Å²) in [5.74, 6) is 1.61. The summed E-state index contributed by atoms with van der Waals surface area (Å²) in [6, 6.07) is 7.82. The van der Waals surface area contributed by atoms with Gasteiger partial charge in [0.2, 0.25) is 5.91 Å². The first-order valence-corrected chi connectivity index (χ1v) is 9.36. The van der Waals surface area contributed by atoms with Gasteiger partial charge >= 0.3 is 0 Å². The van der Waals surface area contributed by atoms with Gasteiger partial charge in [0.1, 0.15) is 5.75 Å². The Balaban J connectivity index is 1.42. The lowest BCUT2D eigenvalue weighted by Crippen LogP contribution is -2.51. The largest absolute Gasteiger partial charge is 0.497 e. The molecule has 2 fully saturated rings. The molecular weight excluding hydrogens is 318 g/mol. The molecule has 5 nitrogen and oxygen atoms in total. The molecule has 1 heterocycles. The zero-order valence-corrected chi connectivity index (χ0v) is 15.0. The van der Waals surface area contributed by atoms with E-state index in [4.69, 9.17) is 14.2 Å². The molecule has 0 spiro atoms. The lowest BCUT2D eigenvalue weighted by molar-refractivity contribution is -0.126. The van der Waals surface area contributed by atoms with Crippen molar-refractivity contribution < 1.29 is 19.0 Å². The normalized spacial score (nSPS) is 23.7. The predicted molar refractivity (Wildman–Crippen MR) is 95.8 cm³/mol. The molecule has 0 bridgehead atoms. The van der Waals surface area contributed by atoms with Crippen LogP contribution in [0.3, 0.4) is 0 Å². The third kappa shape index (κ3) is 5.44. The molecule has 1 amide bonds. The van der Waals surface area contributed by atoms with Crippen LogP contribution in [0.5, 0.6) is 5.75 Å². The molecule has 1 N–H and O–H groups in total. The minimum atomic E-state index is -0.0304. The van der Waals surface area contributed by atoms with Gasteiger partial charge in [0.15, 0.2) is 0 Å². The van der Waals surface area contributed by atoms with Gasteiger partial charge in [-0.25, -0.2) is 0 Å². The number of nitrogens with one attached hydrogen (secondary N) is 1. The Morgan fingerprint density at radius 3 is 2.72 bits per heavy atom. The molecule has 25 heavy (non-hydrogen) atoms. The van der Waals surface area contributed by atoms with Crippen LogP contribution in [0.25, 0.3) is 0 Å². The van der Waals surface area contributed by atoms with Gasteiger partial charge in [-0.05, 0) is 49.3 Å². The highest BCUT2D eigenvalue weighted by Crippen LogP contribution is 2.27. The van der Waals surface area contributed by atoms with Crippen molar-refractivity contribution in [1.82, 2.24) is 5.32 Å². The number of carbonyl (C=O) groups is 1. The average molecular weight is 347 g/mol.